The summed E-state index contributed by atoms with van der Waals surface area (Å²) in [5.41, 5.74) is 4.50. The first-order chi connectivity index (χ1) is 6.24. The molecule has 1 aromatic carbocycles. The second kappa shape index (κ2) is 3.54. The van der Waals surface area contributed by atoms with E-state index in [2.05, 4.69) is 42.8 Å². The minimum atomic E-state index is -0.234. The molecule has 66 valence electrons. The van der Waals surface area contributed by atoms with Crippen molar-refractivity contribution in [3.8, 4) is 0 Å². The van der Waals surface area contributed by atoms with Gasteiger partial charge >= 0.3 is 91.9 Å². The van der Waals surface area contributed by atoms with E-state index in [-0.39, 0.29) is 23.2 Å². The molecule has 0 saturated carbocycles. The van der Waals surface area contributed by atoms with E-state index in [0.29, 0.717) is 5.92 Å². The molecular weight excluding hydrogens is 235 g/mol. The van der Waals surface area contributed by atoms with Gasteiger partial charge in [-0.25, -0.2) is 0 Å². The number of hydrogen-bond acceptors (Lipinski definition) is 0. The van der Waals surface area contributed by atoms with Gasteiger partial charge in [0.15, 0.2) is 0 Å². The van der Waals surface area contributed by atoms with Gasteiger partial charge in [-0.3, -0.25) is 0 Å². The zero-order chi connectivity index (χ0) is 9.42. The van der Waals surface area contributed by atoms with Crippen LogP contribution in [-0.2, 0) is 23.2 Å². The van der Waals surface area contributed by atoms with E-state index >= 15 is 0 Å². The summed E-state index contributed by atoms with van der Waals surface area (Å²) in [6.45, 7) is 4.56. The predicted molar refractivity (Wildman–Crippen MR) is 53.4 cm³/mol. The topological polar surface area (TPSA) is 0 Å². The number of allylic oxidation sites excluding steroid dienone is 1. The quantitative estimate of drug-likeness (QED) is 0.713. The summed E-state index contributed by atoms with van der Waals surface area (Å²) in [5, 5.41) is 0. The second-order valence-electron chi connectivity index (χ2n) is 3.65. The van der Waals surface area contributed by atoms with Crippen LogP contribution in [0.4, 0.5) is 0 Å². The third-order valence-corrected chi connectivity index (χ3v) is 5.72. The summed E-state index contributed by atoms with van der Waals surface area (Å²) in [7, 11) is 0. The minimum absolute atomic E-state index is 0.234. The van der Waals surface area contributed by atoms with E-state index in [1.807, 2.05) is 0 Å². The zero-order valence-corrected chi connectivity index (χ0v) is 10.8. The van der Waals surface area contributed by atoms with Crippen LogP contribution in [0.15, 0.2) is 21.5 Å². The van der Waals surface area contributed by atoms with Crippen molar-refractivity contribution in [3.63, 3.8) is 0 Å². The van der Waals surface area contributed by atoms with E-state index in [9.17, 15) is 0 Å². The normalized spacial score (nSPS) is 19.6. The van der Waals surface area contributed by atoms with Gasteiger partial charge in [0, 0.05) is 0 Å². The summed E-state index contributed by atoms with van der Waals surface area (Å²) in [4.78, 5) is 0. The Morgan fingerprint density at radius 3 is 2.69 bits per heavy atom. The molecule has 1 aliphatic carbocycles. The van der Waals surface area contributed by atoms with Crippen molar-refractivity contribution in [2.24, 2.45) is 0 Å². The molecule has 13 heavy (non-hydrogen) atoms. The number of rotatable bonds is 1. The Balaban J connectivity index is 2.55. The Morgan fingerprint density at radius 1 is 1.31 bits per heavy atom. The van der Waals surface area contributed by atoms with Gasteiger partial charge in [-0.15, -0.1) is 0 Å². The zero-order valence-electron chi connectivity index (χ0n) is 8.39. The van der Waals surface area contributed by atoms with Crippen molar-refractivity contribution in [1.29, 1.82) is 0 Å². The van der Waals surface area contributed by atoms with Gasteiger partial charge in [0.05, 0.1) is 0 Å². The molecule has 0 heterocycles. The van der Waals surface area contributed by atoms with Gasteiger partial charge in [0.1, 0.15) is 0 Å². The fraction of sp³-hybridized carbons (Fsp3) is 0.333. The average molecular weight is 249 g/mol. The molecular formula is C12H14Zr. The van der Waals surface area contributed by atoms with Crippen molar-refractivity contribution < 1.29 is 23.2 Å². The van der Waals surface area contributed by atoms with Crippen LogP contribution in [0.5, 0.6) is 0 Å². The van der Waals surface area contributed by atoms with Crippen molar-refractivity contribution in [2.45, 2.75) is 24.4 Å². The molecule has 0 saturated heterocycles. The molecule has 2 rings (SSSR count). The Kier molecular flexibility index (Phi) is 2.56. The first-order valence-corrected chi connectivity index (χ1v) is 8.41. The molecule has 1 heteroatoms. The summed E-state index contributed by atoms with van der Waals surface area (Å²) >= 11 is -0.234. The molecule has 0 bridgehead atoms. The molecule has 0 aromatic heterocycles. The summed E-state index contributed by atoms with van der Waals surface area (Å²) in [5.74, 6) is 0.714. The summed E-state index contributed by atoms with van der Waals surface area (Å²) < 4.78 is 4.15. The molecule has 0 N–H and O–H groups in total. The van der Waals surface area contributed by atoms with Gasteiger partial charge in [-0.1, -0.05) is 0 Å². The summed E-state index contributed by atoms with van der Waals surface area (Å²) in [6, 6.07) is 6.68. The number of hydrogen-bond donors (Lipinski definition) is 0. The molecule has 0 radical (unpaired) electrons. The van der Waals surface area contributed by atoms with Crippen molar-refractivity contribution in [2.75, 3.05) is 0 Å². The average Bonchev–Trinajstić information content (AvgIpc) is 2.45. The molecule has 1 aromatic rings. The Hall–Kier alpha value is -0.157. The van der Waals surface area contributed by atoms with Crippen LogP contribution >= 0.6 is 0 Å². The Labute approximate surface area is 91.6 Å². The summed E-state index contributed by atoms with van der Waals surface area (Å²) in [6.07, 6.45) is 2.45. The number of aryl methyl sites for hydroxylation is 1. The standard InChI is InChI=1S/C11H11.CH3.Zr/c1-8-4-3-5-10-9(2)6-7-11(8)10;;/h3-5,7,9H,1-2H3;1H3;. The van der Waals surface area contributed by atoms with E-state index in [1.54, 1.807) is 8.84 Å². The predicted octanol–water partition coefficient (Wildman–Crippen LogP) is 3.58. The molecule has 0 nitrogen and oxygen atoms in total. The van der Waals surface area contributed by atoms with Crippen molar-refractivity contribution in [1.82, 2.24) is 0 Å². The molecule has 1 unspecified atom stereocenters. The van der Waals surface area contributed by atoms with Crippen molar-refractivity contribution >= 4 is 6.08 Å². The number of benzene rings is 1. The van der Waals surface area contributed by atoms with Crippen LogP contribution in [0.1, 0.15) is 29.5 Å². The molecule has 1 aliphatic rings. The van der Waals surface area contributed by atoms with Gasteiger partial charge in [0.2, 0.25) is 0 Å². The van der Waals surface area contributed by atoms with Crippen LogP contribution in [-0.4, -0.2) is 0 Å². The molecule has 1 atom stereocenters. The van der Waals surface area contributed by atoms with Crippen LogP contribution in [0.3, 0.4) is 0 Å². The van der Waals surface area contributed by atoms with Gasteiger partial charge in [0.25, 0.3) is 0 Å². The SMILES string of the molecule is [CH3][Zr][C]1=Cc2c(C)cccc2C1C. The molecule has 0 fully saturated rings. The van der Waals surface area contributed by atoms with Crippen LogP contribution < -0.4 is 0 Å². The molecule has 0 spiro atoms. The Morgan fingerprint density at radius 2 is 2.08 bits per heavy atom. The Bertz CT molecular complexity index is 363. The molecule has 0 aliphatic heterocycles. The first kappa shape index (κ1) is 9.40. The second-order valence-corrected chi connectivity index (χ2v) is 6.30. The van der Waals surface area contributed by atoms with Gasteiger partial charge in [-0.2, -0.15) is 0 Å². The molecule has 0 amide bonds. The third kappa shape index (κ3) is 1.48. The van der Waals surface area contributed by atoms with E-state index < -0.39 is 0 Å². The maximum atomic E-state index is 2.45. The van der Waals surface area contributed by atoms with Crippen LogP contribution in [0, 0.1) is 6.92 Å². The van der Waals surface area contributed by atoms with Crippen molar-refractivity contribution in [3.05, 3.63) is 38.2 Å². The monoisotopic (exact) mass is 248 g/mol. The van der Waals surface area contributed by atoms with Gasteiger partial charge < -0.3 is 0 Å². The van der Waals surface area contributed by atoms with Crippen LogP contribution in [0.25, 0.3) is 6.08 Å². The maximum absolute atomic E-state index is 2.45. The van der Waals surface area contributed by atoms with E-state index in [0.717, 1.165) is 0 Å². The first-order valence-electron chi connectivity index (χ1n) is 4.73. The van der Waals surface area contributed by atoms with E-state index in [1.165, 1.54) is 11.1 Å². The van der Waals surface area contributed by atoms with Gasteiger partial charge in [-0.05, 0) is 0 Å². The fourth-order valence-corrected chi connectivity index (χ4v) is 4.17. The number of fused-ring (bicyclic) bond motifs is 1. The van der Waals surface area contributed by atoms with Crippen LogP contribution in [0.2, 0.25) is 4.63 Å². The third-order valence-electron chi connectivity index (χ3n) is 2.88. The van der Waals surface area contributed by atoms with E-state index in [4.69, 9.17) is 0 Å². The fourth-order valence-electron chi connectivity index (χ4n) is 2.01.